The summed E-state index contributed by atoms with van der Waals surface area (Å²) in [6.45, 7) is 0.544. The Hall–Kier alpha value is -3.20. The van der Waals surface area contributed by atoms with E-state index in [4.69, 9.17) is 44.3 Å². The number of anilines is 1. The topological polar surface area (TPSA) is 83.2 Å². The van der Waals surface area contributed by atoms with Crippen molar-refractivity contribution >= 4 is 46.5 Å². The van der Waals surface area contributed by atoms with Gasteiger partial charge >= 0.3 is 0 Å². The maximum absolute atomic E-state index is 12.6. The molecule has 0 unspecified atom stereocenters. The SMILES string of the molecule is COc1ccc(OCn2ccc(C(=O)Nc3nn(Cc4ccc(Cl)c(Cl)c4)cc3Cl)n2)cc1. The molecule has 2 aromatic carbocycles. The van der Waals surface area contributed by atoms with E-state index in [9.17, 15) is 4.79 Å². The number of halogens is 3. The first-order valence-electron chi connectivity index (χ1n) is 9.70. The number of methoxy groups -OCH3 is 1. The smallest absolute Gasteiger partial charge is 0.277 e. The van der Waals surface area contributed by atoms with Gasteiger partial charge in [0.1, 0.15) is 16.5 Å². The van der Waals surface area contributed by atoms with Crippen LogP contribution in [0.4, 0.5) is 5.82 Å². The highest BCUT2D eigenvalue weighted by molar-refractivity contribution is 6.42. The number of benzene rings is 2. The maximum Gasteiger partial charge on any atom is 0.277 e. The molecule has 0 bridgehead atoms. The highest BCUT2D eigenvalue weighted by atomic mass is 35.5. The molecule has 11 heteroatoms. The fraction of sp³-hybridized carbons (Fsp3) is 0.136. The van der Waals surface area contributed by atoms with Gasteiger partial charge in [0.25, 0.3) is 5.91 Å². The lowest BCUT2D eigenvalue weighted by Gasteiger charge is -2.07. The molecule has 4 rings (SSSR count). The van der Waals surface area contributed by atoms with Gasteiger partial charge in [0, 0.05) is 12.4 Å². The van der Waals surface area contributed by atoms with E-state index in [0.29, 0.717) is 27.4 Å². The van der Waals surface area contributed by atoms with Gasteiger partial charge in [-0.2, -0.15) is 10.2 Å². The Kier molecular flexibility index (Phi) is 7.08. The second kappa shape index (κ2) is 10.2. The van der Waals surface area contributed by atoms with E-state index in [1.807, 2.05) is 6.07 Å². The first-order chi connectivity index (χ1) is 15.9. The monoisotopic (exact) mass is 505 g/mol. The van der Waals surface area contributed by atoms with E-state index in [-0.39, 0.29) is 18.2 Å². The molecule has 0 aliphatic rings. The zero-order valence-electron chi connectivity index (χ0n) is 17.3. The van der Waals surface area contributed by atoms with E-state index in [2.05, 4.69) is 15.5 Å². The molecule has 4 aromatic rings. The molecule has 0 spiro atoms. The van der Waals surface area contributed by atoms with Crippen molar-refractivity contribution in [3.63, 3.8) is 0 Å². The van der Waals surface area contributed by atoms with Crippen LogP contribution < -0.4 is 14.8 Å². The maximum atomic E-state index is 12.6. The molecule has 0 atom stereocenters. The third-order valence-corrected chi connectivity index (χ3v) is 5.59. The van der Waals surface area contributed by atoms with Crippen molar-refractivity contribution in [1.82, 2.24) is 19.6 Å². The molecule has 0 fully saturated rings. The Morgan fingerprint density at radius 2 is 1.70 bits per heavy atom. The average molecular weight is 507 g/mol. The highest BCUT2D eigenvalue weighted by Gasteiger charge is 2.15. The second-order valence-corrected chi connectivity index (χ2v) is 8.14. The summed E-state index contributed by atoms with van der Waals surface area (Å²) in [7, 11) is 1.60. The number of hydrogen-bond donors (Lipinski definition) is 1. The van der Waals surface area contributed by atoms with E-state index >= 15 is 0 Å². The Bertz CT molecular complexity index is 1270. The number of ether oxygens (including phenoxy) is 2. The fourth-order valence-corrected chi connectivity index (χ4v) is 3.45. The molecule has 0 aliphatic heterocycles. The molecule has 0 saturated carbocycles. The summed E-state index contributed by atoms with van der Waals surface area (Å²) >= 11 is 18.3. The molecule has 0 saturated heterocycles. The quantitative estimate of drug-likeness (QED) is 0.347. The highest BCUT2D eigenvalue weighted by Crippen LogP contribution is 2.25. The molecular weight excluding hydrogens is 489 g/mol. The van der Waals surface area contributed by atoms with E-state index in [1.165, 1.54) is 4.68 Å². The van der Waals surface area contributed by atoms with Gasteiger partial charge in [-0.1, -0.05) is 40.9 Å². The van der Waals surface area contributed by atoms with Gasteiger partial charge in [-0.15, -0.1) is 0 Å². The van der Waals surface area contributed by atoms with Crippen LogP contribution in [-0.2, 0) is 13.3 Å². The second-order valence-electron chi connectivity index (χ2n) is 6.92. The van der Waals surface area contributed by atoms with Crippen molar-refractivity contribution < 1.29 is 14.3 Å². The Balaban J connectivity index is 1.36. The number of carbonyl (C=O) groups excluding carboxylic acids is 1. The van der Waals surface area contributed by atoms with Crippen LogP contribution in [0.2, 0.25) is 15.1 Å². The summed E-state index contributed by atoms with van der Waals surface area (Å²) in [5.74, 6) is 1.17. The van der Waals surface area contributed by atoms with Crippen LogP contribution in [-0.4, -0.2) is 32.6 Å². The number of nitrogens with zero attached hydrogens (tertiary/aromatic N) is 4. The van der Waals surface area contributed by atoms with Crippen LogP contribution >= 0.6 is 34.8 Å². The van der Waals surface area contributed by atoms with Crippen molar-refractivity contribution in [2.75, 3.05) is 12.4 Å². The predicted octanol–water partition coefficient (Wildman–Crippen LogP) is 5.39. The zero-order chi connectivity index (χ0) is 23.4. The molecule has 0 aliphatic carbocycles. The lowest BCUT2D eigenvalue weighted by atomic mass is 10.2. The minimum Gasteiger partial charge on any atom is -0.497 e. The van der Waals surface area contributed by atoms with Gasteiger partial charge in [-0.25, -0.2) is 4.68 Å². The number of rotatable bonds is 8. The lowest BCUT2D eigenvalue weighted by molar-refractivity contribution is 0.101. The summed E-state index contributed by atoms with van der Waals surface area (Å²) in [5, 5.41) is 12.4. The van der Waals surface area contributed by atoms with E-state index < -0.39 is 5.91 Å². The predicted molar refractivity (Wildman–Crippen MR) is 127 cm³/mol. The Morgan fingerprint density at radius 1 is 0.939 bits per heavy atom. The van der Waals surface area contributed by atoms with Crippen LogP contribution in [0.15, 0.2) is 60.9 Å². The number of amides is 1. The zero-order valence-corrected chi connectivity index (χ0v) is 19.6. The van der Waals surface area contributed by atoms with Crippen LogP contribution in [0.1, 0.15) is 16.1 Å². The number of carbonyl (C=O) groups is 1. The summed E-state index contributed by atoms with van der Waals surface area (Å²) in [4.78, 5) is 12.6. The molecule has 1 N–H and O–H groups in total. The summed E-state index contributed by atoms with van der Waals surface area (Å²) in [6, 6.07) is 14.0. The lowest BCUT2D eigenvalue weighted by Crippen LogP contribution is -2.15. The van der Waals surface area contributed by atoms with E-state index in [1.54, 1.807) is 66.6 Å². The van der Waals surface area contributed by atoms with Gasteiger partial charge in [-0.3, -0.25) is 9.48 Å². The van der Waals surface area contributed by atoms with Crippen LogP contribution in [0, 0.1) is 0 Å². The van der Waals surface area contributed by atoms with Crippen LogP contribution in [0.5, 0.6) is 11.5 Å². The molecule has 2 aromatic heterocycles. The van der Waals surface area contributed by atoms with Crippen LogP contribution in [0.3, 0.4) is 0 Å². The third kappa shape index (κ3) is 5.78. The van der Waals surface area contributed by atoms with Gasteiger partial charge in [0.15, 0.2) is 18.2 Å². The molecular formula is C22H18Cl3N5O3. The third-order valence-electron chi connectivity index (χ3n) is 4.57. The minimum atomic E-state index is -0.445. The summed E-state index contributed by atoms with van der Waals surface area (Å²) in [5.41, 5.74) is 1.08. The number of nitrogens with one attached hydrogen (secondary N) is 1. The van der Waals surface area contributed by atoms with Crippen molar-refractivity contribution in [2.45, 2.75) is 13.3 Å². The first kappa shape index (κ1) is 23.0. The van der Waals surface area contributed by atoms with E-state index in [0.717, 1.165) is 11.3 Å². The molecule has 33 heavy (non-hydrogen) atoms. The molecule has 2 heterocycles. The molecule has 1 amide bonds. The van der Waals surface area contributed by atoms with Crippen LogP contribution in [0.25, 0.3) is 0 Å². The first-order valence-corrected chi connectivity index (χ1v) is 10.8. The Labute approximate surface area is 204 Å². The van der Waals surface area contributed by atoms with Gasteiger partial charge in [0.2, 0.25) is 0 Å². The van der Waals surface area contributed by atoms with Crippen molar-refractivity contribution in [3.05, 3.63) is 87.2 Å². The largest absolute Gasteiger partial charge is 0.497 e. The van der Waals surface area contributed by atoms with Gasteiger partial charge in [-0.05, 0) is 48.0 Å². The van der Waals surface area contributed by atoms with Crippen molar-refractivity contribution in [3.8, 4) is 11.5 Å². The van der Waals surface area contributed by atoms with Gasteiger partial charge in [0.05, 0.1) is 23.7 Å². The fourth-order valence-electron chi connectivity index (χ4n) is 2.93. The molecule has 170 valence electrons. The van der Waals surface area contributed by atoms with Crippen molar-refractivity contribution in [1.29, 1.82) is 0 Å². The normalized spacial score (nSPS) is 10.8. The van der Waals surface area contributed by atoms with Crippen molar-refractivity contribution in [2.24, 2.45) is 0 Å². The molecule has 0 radical (unpaired) electrons. The number of hydrogen-bond acceptors (Lipinski definition) is 5. The minimum absolute atomic E-state index is 0.138. The van der Waals surface area contributed by atoms with Gasteiger partial charge < -0.3 is 14.8 Å². The summed E-state index contributed by atoms with van der Waals surface area (Å²) in [6.07, 6.45) is 3.25. The standard InChI is InChI=1S/C22H18Cl3N5O3/c1-32-15-3-5-16(6-4-15)33-13-29-9-8-20(27-29)22(31)26-21-19(25)12-30(28-21)11-14-2-7-17(23)18(24)10-14/h2-10,12H,11,13H2,1H3,(H,26,28,31). The molecule has 8 nitrogen and oxygen atoms in total. The Morgan fingerprint density at radius 3 is 2.42 bits per heavy atom. The average Bonchev–Trinajstić information content (AvgIpc) is 3.42. The number of aromatic nitrogens is 4. The summed E-state index contributed by atoms with van der Waals surface area (Å²) < 4.78 is 13.9.